The van der Waals surface area contributed by atoms with Crippen molar-refractivity contribution in [3.05, 3.63) is 21.9 Å². The number of fused-ring (bicyclic) bond motifs is 1. The Hall–Kier alpha value is -0.340. The standard InChI is InChI=1S/C10H15NS/c1-7(11)8-3-2-4-10-9(8)5-6-12-10/h5-8H,2-4,11H2,1H3. The zero-order chi connectivity index (χ0) is 8.55. The summed E-state index contributed by atoms with van der Waals surface area (Å²) in [5.41, 5.74) is 7.47. The second kappa shape index (κ2) is 3.19. The molecule has 2 heteroatoms. The smallest absolute Gasteiger partial charge is 0.00806 e. The van der Waals surface area contributed by atoms with Gasteiger partial charge in [0.25, 0.3) is 0 Å². The number of nitrogens with two attached hydrogens (primary N) is 1. The number of hydrogen-bond acceptors (Lipinski definition) is 2. The summed E-state index contributed by atoms with van der Waals surface area (Å²) < 4.78 is 0. The van der Waals surface area contributed by atoms with Gasteiger partial charge in [-0.3, -0.25) is 0 Å². The van der Waals surface area contributed by atoms with E-state index in [4.69, 9.17) is 5.73 Å². The van der Waals surface area contributed by atoms with Crippen LogP contribution in [-0.4, -0.2) is 6.04 Å². The highest BCUT2D eigenvalue weighted by Crippen LogP contribution is 2.36. The van der Waals surface area contributed by atoms with Gasteiger partial charge >= 0.3 is 0 Å². The fourth-order valence-electron chi connectivity index (χ4n) is 2.07. The molecule has 2 N–H and O–H groups in total. The maximum absolute atomic E-state index is 5.95. The highest BCUT2D eigenvalue weighted by molar-refractivity contribution is 7.10. The zero-order valence-electron chi connectivity index (χ0n) is 7.42. The molecule has 1 aliphatic carbocycles. The van der Waals surface area contributed by atoms with E-state index in [9.17, 15) is 0 Å². The van der Waals surface area contributed by atoms with Crippen molar-refractivity contribution in [3.8, 4) is 0 Å². The van der Waals surface area contributed by atoms with Gasteiger partial charge in [-0.2, -0.15) is 0 Å². The van der Waals surface area contributed by atoms with Crippen LogP contribution in [0, 0.1) is 0 Å². The van der Waals surface area contributed by atoms with Crippen LogP contribution in [0.5, 0.6) is 0 Å². The predicted molar refractivity (Wildman–Crippen MR) is 53.6 cm³/mol. The lowest BCUT2D eigenvalue weighted by atomic mass is 9.83. The van der Waals surface area contributed by atoms with Crippen LogP contribution >= 0.6 is 11.3 Å². The first-order chi connectivity index (χ1) is 5.79. The van der Waals surface area contributed by atoms with Crippen LogP contribution in [0.4, 0.5) is 0 Å². The van der Waals surface area contributed by atoms with Gasteiger partial charge in [-0.1, -0.05) is 0 Å². The molecule has 0 saturated heterocycles. The fraction of sp³-hybridized carbons (Fsp3) is 0.600. The lowest BCUT2D eigenvalue weighted by Crippen LogP contribution is -2.26. The van der Waals surface area contributed by atoms with Crippen LogP contribution in [0.25, 0.3) is 0 Å². The Bertz CT molecular complexity index is 265. The summed E-state index contributed by atoms with van der Waals surface area (Å²) in [5, 5.41) is 2.20. The summed E-state index contributed by atoms with van der Waals surface area (Å²) in [7, 11) is 0. The molecule has 0 aromatic carbocycles. The third kappa shape index (κ3) is 1.29. The second-order valence-electron chi connectivity index (χ2n) is 3.66. The SMILES string of the molecule is CC(N)C1CCCc2sccc21. The lowest BCUT2D eigenvalue weighted by molar-refractivity contribution is 0.489. The molecule has 0 spiro atoms. The summed E-state index contributed by atoms with van der Waals surface area (Å²) in [5.74, 6) is 0.625. The van der Waals surface area contributed by atoms with Crippen LogP contribution in [0.3, 0.4) is 0 Å². The van der Waals surface area contributed by atoms with Crippen LogP contribution in [0.1, 0.15) is 36.1 Å². The van der Waals surface area contributed by atoms with Crippen molar-refractivity contribution in [1.82, 2.24) is 0 Å². The summed E-state index contributed by atoms with van der Waals surface area (Å²) in [4.78, 5) is 1.57. The van der Waals surface area contributed by atoms with Gasteiger partial charge in [0.1, 0.15) is 0 Å². The maximum atomic E-state index is 5.95. The molecule has 0 fully saturated rings. The van der Waals surface area contributed by atoms with Gasteiger partial charge < -0.3 is 5.73 Å². The average Bonchev–Trinajstić information content (AvgIpc) is 2.49. The molecule has 0 aliphatic heterocycles. The van der Waals surface area contributed by atoms with Crippen molar-refractivity contribution >= 4 is 11.3 Å². The van der Waals surface area contributed by atoms with Crippen molar-refractivity contribution in [2.24, 2.45) is 5.73 Å². The molecule has 1 aromatic heterocycles. The molecular weight excluding hydrogens is 166 g/mol. The molecule has 12 heavy (non-hydrogen) atoms. The third-order valence-corrected chi connectivity index (χ3v) is 3.73. The Morgan fingerprint density at radius 1 is 1.67 bits per heavy atom. The highest BCUT2D eigenvalue weighted by Gasteiger charge is 2.23. The molecule has 1 aliphatic rings. The first-order valence-corrected chi connectivity index (χ1v) is 5.49. The molecule has 0 radical (unpaired) electrons. The minimum Gasteiger partial charge on any atom is -0.327 e. The second-order valence-corrected chi connectivity index (χ2v) is 4.66. The van der Waals surface area contributed by atoms with Crippen molar-refractivity contribution in [3.63, 3.8) is 0 Å². The Balaban J connectivity index is 2.31. The van der Waals surface area contributed by atoms with Gasteiger partial charge in [-0.15, -0.1) is 11.3 Å². The molecule has 1 aromatic rings. The Morgan fingerprint density at radius 2 is 2.50 bits per heavy atom. The lowest BCUT2D eigenvalue weighted by Gasteiger charge is -2.25. The fourth-order valence-corrected chi connectivity index (χ4v) is 3.06. The first kappa shape index (κ1) is 8.27. The van der Waals surface area contributed by atoms with E-state index in [-0.39, 0.29) is 0 Å². The Morgan fingerprint density at radius 3 is 3.25 bits per heavy atom. The number of rotatable bonds is 1. The van der Waals surface area contributed by atoms with Gasteiger partial charge in [0.05, 0.1) is 0 Å². The van der Waals surface area contributed by atoms with E-state index < -0.39 is 0 Å². The molecule has 0 amide bonds. The number of aryl methyl sites for hydroxylation is 1. The van der Waals surface area contributed by atoms with Gasteiger partial charge in [-0.25, -0.2) is 0 Å². The van der Waals surface area contributed by atoms with Crippen LogP contribution in [0.2, 0.25) is 0 Å². The molecule has 0 saturated carbocycles. The molecule has 1 nitrogen and oxygen atoms in total. The summed E-state index contributed by atoms with van der Waals surface area (Å²) in [6.45, 7) is 2.12. The molecule has 66 valence electrons. The monoisotopic (exact) mass is 181 g/mol. The van der Waals surface area contributed by atoms with Crippen molar-refractivity contribution in [2.45, 2.75) is 38.1 Å². The van der Waals surface area contributed by atoms with Crippen LogP contribution in [0.15, 0.2) is 11.4 Å². The number of thiophene rings is 1. The van der Waals surface area contributed by atoms with Gasteiger partial charge in [-0.05, 0) is 49.1 Å². The molecule has 1 heterocycles. The van der Waals surface area contributed by atoms with Crippen LogP contribution < -0.4 is 5.73 Å². The van der Waals surface area contributed by atoms with Crippen LogP contribution in [-0.2, 0) is 6.42 Å². The Kier molecular flexibility index (Phi) is 2.20. The molecule has 0 bridgehead atoms. The van der Waals surface area contributed by atoms with E-state index in [1.165, 1.54) is 24.8 Å². The van der Waals surface area contributed by atoms with E-state index in [0.29, 0.717) is 12.0 Å². The van der Waals surface area contributed by atoms with Crippen molar-refractivity contribution < 1.29 is 0 Å². The van der Waals surface area contributed by atoms with Gasteiger partial charge in [0.2, 0.25) is 0 Å². The van der Waals surface area contributed by atoms with E-state index in [1.807, 2.05) is 11.3 Å². The zero-order valence-corrected chi connectivity index (χ0v) is 8.23. The number of hydrogen-bond donors (Lipinski definition) is 1. The molecule has 2 unspecified atom stereocenters. The summed E-state index contributed by atoms with van der Waals surface area (Å²) in [6, 6.07) is 2.58. The first-order valence-electron chi connectivity index (χ1n) is 4.61. The topological polar surface area (TPSA) is 26.0 Å². The summed E-state index contributed by atoms with van der Waals surface area (Å²) in [6.07, 6.45) is 3.87. The molecular formula is C10H15NS. The van der Waals surface area contributed by atoms with Crippen molar-refractivity contribution in [1.29, 1.82) is 0 Å². The van der Waals surface area contributed by atoms with E-state index in [2.05, 4.69) is 18.4 Å². The summed E-state index contributed by atoms with van der Waals surface area (Å²) >= 11 is 1.89. The van der Waals surface area contributed by atoms with Gasteiger partial charge in [0.15, 0.2) is 0 Å². The quantitative estimate of drug-likeness (QED) is 0.708. The third-order valence-electron chi connectivity index (χ3n) is 2.73. The van der Waals surface area contributed by atoms with Crippen molar-refractivity contribution in [2.75, 3.05) is 0 Å². The van der Waals surface area contributed by atoms with E-state index >= 15 is 0 Å². The highest BCUT2D eigenvalue weighted by atomic mass is 32.1. The Labute approximate surface area is 77.6 Å². The molecule has 2 rings (SSSR count). The minimum absolute atomic E-state index is 0.318. The van der Waals surface area contributed by atoms with Gasteiger partial charge in [0, 0.05) is 10.9 Å². The average molecular weight is 181 g/mol. The largest absolute Gasteiger partial charge is 0.327 e. The predicted octanol–water partition coefficient (Wildman–Crippen LogP) is 2.52. The van der Waals surface area contributed by atoms with E-state index in [0.717, 1.165) is 0 Å². The maximum Gasteiger partial charge on any atom is 0.00806 e. The minimum atomic E-state index is 0.318. The normalized spacial score (nSPS) is 25.0. The molecule has 2 atom stereocenters. The van der Waals surface area contributed by atoms with E-state index in [1.54, 1.807) is 4.88 Å².